The van der Waals surface area contributed by atoms with Crippen LogP contribution in [0.3, 0.4) is 0 Å². The van der Waals surface area contributed by atoms with Crippen molar-refractivity contribution in [1.82, 2.24) is 9.88 Å². The molecule has 7 nitrogen and oxygen atoms in total. The maximum Gasteiger partial charge on any atom is 0.357 e. The van der Waals surface area contributed by atoms with Crippen LogP contribution in [0, 0.1) is 11.3 Å². The molecule has 1 heterocycles. The van der Waals surface area contributed by atoms with E-state index >= 15 is 0 Å². The predicted octanol–water partition coefficient (Wildman–Crippen LogP) is 3.21. The number of nitrogens with zero attached hydrogens (tertiary/aromatic N) is 2. The first-order chi connectivity index (χ1) is 14.0. The standard InChI is InChI=1S/C22H20N4O3/c1-14(15-8-4-3-5-9-15)25-21(27)17-10-6-7-11-18(17)26-13-16(12-23)19(24)20(26)22(28)29-2/h3-11,13-14H,24H2,1-2H3,(H,25,27). The van der Waals surface area contributed by atoms with Gasteiger partial charge in [0.1, 0.15) is 6.07 Å². The maximum atomic E-state index is 13.0. The molecule has 146 valence electrons. The first-order valence-electron chi connectivity index (χ1n) is 8.92. The summed E-state index contributed by atoms with van der Waals surface area (Å²) in [7, 11) is 1.23. The summed E-state index contributed by atoms with van der Waals surface area (Å²) in [6.07, 6.45) is 1.42. The Kier molecular flexibility index (Phi) is 5.65. The van der Waals surface area contributed by atoms with Crippen molar-refractivity contribution in [2.45, 2.75) is 13.0 Å². The van der Waals surface area contributed by atoms with E-state index in [4.69, 9.17) is 10.5 Å². The molecule has 7 heteroatoms. The molecule has 1 aromatic heterocycles. The highest BCUT2D eigenvalue weighted by atomic mass is 16.5. The Balaban J connectivity index is 2.03. The summed E-state index contributed by atoms with van der Waals surface area (Å²) in [6.45, 7) is 1.89. The fourth-order valence-corrected chi connectivity index (χ4v) is 3.08. The fourth-order valence-electron chi connectivity index (χ4n) is 3.08. The van der Waals surface area contributed by atoms with E-state index in [1.807, 2.05) is 43.3 Å². The summed E-state index contributed by atoms with van der Waals surface area (Å²) in [6, 6.07) is 18.1. The van der Waals surface area contributed by atoms with Gasteiger partial charge in [0.15, 0.2) is 5.69 Å². The number of nitriles is 1. The summed E-state index contributed by atoms with van der Waals surface area (Å²) in [5.74, 6) is -1.02. The molecule has 0 aliphatic heterocycles. The number of rotatable bonds is 5. The lowest BCUT2D eigenvalue weighted by Crippen LogP contribution is -2.28. The molecule has 3 N–H and O–H groups in total. The van der Waals surface area contributed by atoms with Gasteiger partial charge in [-0.25, -0.2) is 4.79 Å². The normalized spacial score (nSPS) is 11.3. The van der Waals surface area contributed by atoms with E-state index in [0.29, 0.717) is 11.3 Å². The fraction of sp³-hybridized carbons (Fsp3) is 0.136. The minimum Gasteiger partial charge on any atom is -0.464 e. The van der Waals surface area contributed by atoms with Crippen molar-refractivity contribution in [1.29, 1.82) is 5.26 Å². The van der Waals surface area contributed by atoms with Crippen LogP contribution >= 0.6 is 0 Å². The third kappa shape index (κ3) is 3.82. The first-order valence-corrected chi connectivity index (χ1v) is 8.92. The number of hydrogen-bond acceptors (Lipinski definition) is 5. The average Bonchev–Trinajstić information content (AvgIpc) is 3.09. The van der Waals surface area contributed by atoms with E-state index < -0.39 is 5.97 Å². The number of hydrogen-bond donors (Lipinski definition) is 2. The van der Waals surface area contributed by atoms with Gasteiger partial charge in [0.05, 0.1) is 35.7 Å². The summed E-state index contributed by atoms with van der Waals surface area (Å²) in [4.78, 5) is 25.3. The largest absolute Gasteiger partial charge is 0.464 e. The molecule has 29 heavy (non-hydrogen) atoms. The zero-order chi connectivity index (χ0) is 21.0. The van der Waals surface area contributed by atoms with Crippen LogP contribution in [0.2, 0.25) is 0 Å². The van der Waals surface area contributed by atoms with E-state index in [-0.39, 0.29) is 28.9 Å². The number of methoxy groups -OCH3 is 1. The number of para-hydroxylation sites is 1. The Hall–Kier alpha value is -4.05. The number of benzene rings is 2. The molecule has 0 aliphatic carbocycles. The van der Waals surface area contributed by atoms with Gasteiger partial charge < -0.3 is 20.4 Å². The van der Waals surface area contributed by atoms with Gasteiger partial charge in [-0.1, -0.05) is 42.5 Å². The molecule has 0 spiro atoms. The second-order valence-electron chi connectivity index (χ2n) is 6.40. The minimum atomic E-state index is -0.697. The van der Waals surface area contributed by atoms with Gasteiger partial charge in [-0.05, 0) is 24.6 Å². The smallest absolute Gasteiger partial charge is 0.357 e. The van der Waals surface area contributed by atoms with Crippen molar-refractivity contribution in [3.05, 3.63) is 83.2 Å². The lowest BCUT2D eigenvalue weighted by atomic mass is 10.1. The van der Waals surface area contributed by atoms with Gasteiger partial charge >= 0.3 is 5.97 Å². The van der Waals surface area contributed by atoms with Gasteiger partial charge in [-0.2, -0.15) is 5.26 Å². The van der Waals surface area contributed by atoms with Crippen molar-refractivity contribution in [2.75, 3.05) is 12.8 Å². The summed E-state index contributed by atoms with van der Waals surface area (Å²) >= 11 is 0. The van der Waals surface area contributed by atoms with Crippen molar-refractivity contribution in [3.63, 3.8) is 0 Å². The average molecular weight is 388 g/mol. The lowest BCUT2D eigenvalue weighted by Gasteiger charge is -2.17. The van der Waals surface area contributed by atoms with Crippen LogP contribution in [-0.4, -0.2) is 23.6 Å². The number of nitrogens with two attached hydrogens (primary N) is 1. The van der Waals surface area contributed by atoms with E-state index in [1.165, 1.54) is 17.9 Å². The minimum absolute atomic E-state index is 0.000378. The third-order valence-electron chi connectivity index (χ3n) is 4.60. The molecule has 0 fully saturated rings. The second-order valence-corrected chi connectivity index (χ2v) is 6.40. The Morgan fingerprint density at radius 3 is 2.45 bits per heavy atom. The molecule has 1 atom stereocenters. The van der Waals surface area contributed by atoms with Crippen LogP contribution in [0.15, 0.2) is 60.8 Å². The molecule has 0 saturated carbocycles. The molecule has 0 aliphatic rings. The van der Waals surface area contributed by atoms with Crippen molar-refractivity contribution >= 4 is 17.6 Å². The Morgan fingerprint density at radius 2 is 1.79 bits per heavy atom. The highest BCUT2D eigenvalue weighted by Crippen LogP contribution is 2.27. The molecule has 0 saturated heterocycles. The highest BCUT2D eigenvalue weighted by molar-refractivity contribution is 6.00. The molecule has 0 bridgehead atoms. The number of carbonyl (C=O) groups is 2. The molecule has 1 amide bonds. The molecule has 3 aromatic rings. The van der Waals surface area contributed by atoms with Crippen LogP contribution in [0.4, 0.5) is 5.69 Å². The lowest BCUT2D eigenvalue weighted by molar-refractivity contribution is 0.0592. The summed E-state index contributed by atoms with van der Waals surface area (Å²) in [5, 5.41) is 12.3. The Bertz CT molecular complexity index is 1100. The first kappa shape index (κ1) is 19.7. The van der Waals surface area contributed by atoms with Gasteiger partial charge in [0.2, 0.25) is 0 Å². The number of anilines is 1. The number of amides is 1. The van der Waals surface area contributed by atoms with Crippen LogP contribution < -0.4 is 11.1 Å². The quantitative estimate of drug-likeness (QED) is 0.652. The monoisotopic (exact) mass is 388 g/mol. The number of nitrogen functional groups attached to an aromatic ring is 1. The van der Waals surface area contributed by atoms with Crippen LogP contribution in [0.1, 0.15) is 44.9 Å². The topological polar surface area (TPSA) is 110 Å². The summed E-state index contributed by atoms with van der Waals surface area (Å²) in [5.41, 5.74) is 7.81. The van der Waals surface area contributed by atoms with Crippen LogP contribution in [0.5, 0.6) is 0 Å². The van der Waals surface area contributed by atoms with E-state index in [2.05, 4.69) is 5.32 Å². The maximum absolute atomic E-state index is 13.0. The van der Waals surface area contributed by atoms with E-state index in [9.17, 15) is 14.9 Å². The summed E-state index contributed by atoms with van der Waals surface area (Å²) < 4.78 is 6.23. The Labute approximate surface area is 168 Å². The number of aromatic nitrogens is 1. The number of esters is 1. The number of carbonyl (C=O) groups excluding carboxylic acids is 2. The molecule has 2 aromatic carbocycles. The number of nitrogens with one attached hydrogen (secondary N) is 1. The SMILES string of the molecule is COC(=O)c1c(N)c(C#N)cn1-c1ccccc1C(=O)NC(C)c1ccccc1. The Morgan fingerprint density at radius 1 is 1.14 bits per heavy atom. The molecular formula is C22H20N4O3. The molecule has 1 unspecified atom stereocenters. The van der Waals surface area contributed by atoms with Gasteiger partial charge in [-0.15, -0.1) is 0 Å². The third-order valence-corrected chi connectivity index (χ3v) is 4.60. The number of ether oxygens (including phenoxy) is 1. The second kappa shape index (κ2) is 8.31. The van der Waals surface area contributed by atoms with E-state index in [0.717, 1.165) is 5.56 Å². The van der Waals surface area contributed by atoms with Gasteiger partial charge in [-0.3, -0.25) is 4.79 Å². The molecular weight excluding hydrogens is 368 g/mol. The van der Waals surface area contributed by atoms with Crippen LogP contribution in [0.25, 0.3) is 5.69 Å². The highest BCUT2D eigenvalue weighted by Gasteiger charge is 2.24. The van der Waals surface area contributed by atoms with Gasteiger partial charge in [0.25, 0.3) is 5.91 Å². The van der Waals surface area contributed by atoms with Crippen molar-refractivity contribution in [3.8, 4) is 11.8 Å². The van der Waals surface area contributed by atoms with Gasteiger partial charge in [0, 0.05) is 6.20 Å². The van der Waals surface area contributed by atoms with Crippen LogP contribution in [-0.2, 0) is 4.74 Å². The molecule has 0 radical (unpaired) electrons. The zero-order valence-electron chi connectivity index (χ0n) is 16.0. The van der Waals surface area contributed by atoms with E-state index in [1.54, 1.807) is 24.3 Å². The van der Waals surface area contributed by atoms with Crippen molar-refractivity contribution in [2.24, 2.45) is 0 Å². The van der Waals surface area contributed by atoms with Crippen molar-refractivity contribution < 1.29 is 14.3 Å². The zero-order valence-corrected chi connectivity index (χ0v) is 16.0. The predicted molar refractivity (Wildman–Crippen MR) is 109 cm³/mol. The molecule has 3 rings (SSSR count).